The first-order valence-corrected chi connectivity index (χ1v) is 8.53. The van der Waals surface area contributed by atoms with Crippen LogP contribution in [0.5, 0.6) is 11.5 Å². The molecule has 0 spiro atoms. The molecule has 0 aromatic heterocycles. The summed E-state index contributed by atoms with van der Waals surface area (Å²) >= 11 is 0. The van der Waals surface area contributed by atoms with Gasteiger partial charge in [0.2, 0.25) is 0 Å². The largest absolute Gasteiger partial charge is 0.490 e. The van der Waals surface area contributed by atoms with Gasteiger partial charge in [0.05, 0.1) is 13.2 Å². The van der Waals surface area contributed by atoms with Gasteiger partial charge in [-0.3, -0.25) is 9.59 Å². The van der Waals surface area contributed by atoms with E-state index in [1.807, 2.05) is 20.8 Å². The zero-order chi connectivity index (χ0) is 19.1. The molecule has 0 saturated carbocycles. The zero-order valence-corrected chi connectivity index (χ0v) is 15.5. The Balaban J connectivity index is 2.21. The summed E-state index contributed by atoms with van der Waals surface area (Å²) in [4.78, 5) is 24.3. The Hall–Kier alpha value is -3.02. The molecule has 138 valence electrons. The van der Waals surface area contributed by atoms with Gasteiger partial charge in [-0.25, -0.2) is 0 Å². The highest BCUT2D eigenvalue weighted by atomic mass is 16.5. The predicted octanol–water partition coefficient (Wildman–Crippen LogP) is 3.40. The molecule has 2 aromatic carbocycles. The molecule has 0 aliphatic carbocycles. The Kier molecular flexibility index (Phi) is 6.60. The smallest absolute Gasteiger partial charge is 0.255 e. The number of hydrogen-bond donors (Lipinski definition) is 2. The predicted molar refractivity (Wildman–Crippen MR) is 101 cm³/mol. The fourth-order valence-corrected chi connectivity index (χ4v) is 2.48. The molecule has 2 aromatic rings. The van der Waals surface area contributed by atoms with Crippen LogP contribution in [0.4, 0.5) is 5.69 Å². The van der Waals surface area contributed by atoms with Crippen LogP contribution in [0.15, 0.2) is 36.4 Å². The summed E-state index contributed by atoms with van der Waals surface area (Å²) in [5.74, 6) is 0.717. The lowest BCUT2D eigenvalue weighted by molar-refractivity contribution is 0.0962. The molecule has 0 aliphatic heterocycles. The van der Waals surface area contributed by atoms with Crippen LogP contribution in [0.25, 0.3) is 0 Å². The van der Waals surface area contributed by atoms with Crippen LogP contribution >= 0.6 is 0 Å². The third-order valence-electron chi connectivity index (χ3n) is 3.77. The van der Waals surface area contributed by atoms with Gasteiger partial charge in [-0.05, 0) is 62.7 Å². The van der Waals surface area contributed by atoms with Gasteiger partial charge in [-0.1, -0.05) is 0 Å². The third kappa shape index (κ3) is 4.53. The number of nitrogens with one attached hydrogen (secondary N) is 2. The van der Waals surface area contributed by atoms with E-state index < -0.39 is 0 Å². The summed E-state index contributed by atoms with van der Waals surface area (Å²) in [6, 6.07) is 10.2. The minimum atomic E-state index is -0.259. The van der Waals surface area contributed by atoms with E-state index in [1.54, 1.807) is 43.4 Å². The summed E-state index contributed by atoms with van der Waals surface area (Å²) in [7, 11) is 1.58. The number of aryl methyl sites for hydroxylation is 1. The van der Waals surface area contributed by atoms with Gasteiger partial charge in [0.15, 0.2) is 11.5 Å². The van der Waals surface area contributed by atoms with Crippen LogP contribution in [0.1, 0.15) is 40.1 Å². The fourth-order valence-electron chi connectivity index (χ4n) is 2.48. The van der Waals surface area contributed by atoms with Crippen LogP contribution in [-0.2, 0) is 0 Å². The monoisotopic (exact) mass is 356 g/mol. The Morgan fingerprint density at radius 3 is 2.12 bits per heavy atom. The summed E-state index contributed by atoms with van der Waals surface area (Å²) < 4.78 is 11.1. The van der Waals surface area contributed by atoms with E-state index in [-0.39, 0.29) is 11.8 Å². The molecule has 2 amide bonds. The summed E-state index contributed by atoms with van der Waals surface area (Å²) in [5, 5.41) is 5.44. The third-order valence-corrected chi connectivity index (χ3v) is 3.77. The molecule has 0 heterocycles. The maximum atomic E-state index is 12.6. The van der Waals surface area contributed by atoms with Gasteiger partial charge in [0.1, 0.15) is 0 Å². The van der Waals surface area contributed by atoms with E-state index in [1.165, 1.54) is 0 Å². The van der Waals surface area contributed by atoms with Crippen molar-refractivity contribution in [2.75, 3.05) is 25.6 Å². The highest BCUT2D eigenvalue weighted by Gasteiger charge is 2.13. The minimum absolute atomic E-state index is 0.168. The molecule has 0 fully saturated rings. The van der Waals surface area contributed by atoms with E-state index in [0.717, 1.165) is 5.56 Å². The normalized spacial score (nSPS) is 10.2. The van der Waals surface area contributed by atoms with Gasteiger partial charge < -0.3 is 20.1 Å². The average Bonchev–Trinajstić information content (AvgIpc) is 2.64. The fraction of sp³-hybridized carbons (Fsp3) is 0.300. The number of amides is 2. The number of benzene rings is 2. The number of carbonyl (C=O) groups excluding carboxylic acids is 2. The van der Waals surface area contributed by atoms with Crippen molar-refractivity contribution in [3.63, 3.8) is 0 Å². The van der Waals surface area contributed by atoms with Crippen LogP contribution in [0.3, 0.4) is 0 Å². The Bertz CT molecular complexity index is 802. The minimum Gasteiger partial charge on any atom is -0.490 e. The maximum Gasteiger partial charge on any atom is 0.255 e. The molecule has 26 heavy (non-hydrogen) atoms. The van der Waals surface area contributed by atoms with Crippen molar-refractivity contribution in [1.29, 1.82) is 0 Å². The van der Waals surface area contributed by atoms with Crippen molar-refractivity contribution in [3.8, 4) is 11.5 Å². The number of carbonyl (C=O) groups is 2. The average molecular weight is 356 g/mol. The quantitative estimate of drug-likeness (QED) is 0.797. The van der Waals surface area contributed by atoms with Gasteiger partial charge in [-0.2, -0.15) is 0 Å². The van der Waals surface area contributed by atoms with E-state index in [2.05, 4.69) is 10.6 Å². The summed E-state index contributed by atoms with van der Waals surface area (Å²) in [5.41, 5.74) is 2.46. The standard InChI is InChI=1S/C20H24N2O4/c1-5-25-17-10-8-15(12-18(17)26-6-2)20(24)22-16-9-7-14(11-13(16)3)19(23)21-4/h7-12H,5-6H2,1-4H3,(H,21,23)(H,22,24). The van der Waals surface area contributed by atoms with E-state index >= 15 is 0 Å². The van der Waals surface area contributed by atoms with E-state index in [9.17, 15) is 9.59 Å². The molecule has 0 bridgehead atoms. The van der Waals surface area contributed by atoms with Crippen molar-refractivity contribution in [3.05, 3.63) is 53.1 Å². The summed E-state index contributed by atoms with van der Waals surface area (Å²) in [6.07, 6.45) is 0. The van der Waals surface area contributed by atoms with Crippen LogP contribution < -0.4 is 20.1 Å². The molecule has 6 nitrogen and oxygen atoms in total. The Labute approximate surface area is 153 Å². The first-order chi connectivity index (χ1) is 12.5. The first-order valence-electron chi connectivity index (χ1n) is 8.53. The molecule has 6 heteroatoms. The molecule has 2 N–H and O–H groups in total. The Morgan fingerprint density at radius 2 is 1.50 bits per heavy atom. The van der Waals surface area contributed by atoms with Crippen molar-refractivity contribution >= 4 is 17.5 Å². The van der Waals surface area contributed by atoms with Crippen LogP contribution in [-0.4, -0.2) is 32.1 Å². The van der Waals surface area contributed by atoms with Gasteiger partial charge in [0.25, 0.3) is 11.8 Å². The first kappa shape index (κ1) is 19.3. The highest BCUT2D eigenvalue weighted by molar-refractivity contribution is 6.05. The molecular formula is C20H24N2O4. The van der Waals surface area contributed by atoms with E-state index in [0.29, 0.717) is 41.5 Å². The Morgan fingerprint density at radius 1 is 0.885 bits per heavy atom. The van der Waals surface area contributed by atoms with Crippen molar-refractivity contribution in [2.45, 2.75) is 20.8 Å². The second kappa shape index (κ2) is 8.89. The van der Waals surface area contributed by atoms with Crippen molar-refractivity contribution in [1.82, 2.24) is 5.32 Å². The SMILES string of the molecule is CCOc1ccc(C(=O)Nc2ccc(C(=O)NC)cc2C)cc1OCC. The molecule has 0 radical (unpaired) electrons. The maximum absolute atomic E-state index is 12.6. The molecular weight excluding hydrogens is 332 g/mol. The highest BCUT2D eigenvalue weighted by Crippen LogP contribution is 2.29. The zero-order valence-electron chi connectivity index (χ0n) is 15.5. The number of ether oxygens (including phenoxy) is 2. The van der Waals surface area contributed by atoms with Gasteiger partial charge in [0, 0.05) is 23.9 Å². The molecule has 0 aliphatic rings. The lowest BCUT2D eigenvalue weighted by Crippen LogP contribution is -2.18. The molecule has 0 atom stereocenters. The molecule has 0 saturated heterocycles. The van der Waals surface area contributed by atoms with E-state index in [4.69, 9.17) is 9.47 Å². The van der Waals surface area contributed by atoms with Crippen molar-refractivity contribution < 1.29 is 19.1 Å². The summed E-state index contributed by atoms with van der Waals surface area (Å²) in [6.45, 7) is 6.60. The second-order valence-electron chi connectivity index (χ2n) is 5.59. The molecule has 0 unspecified atom stereocenters. The lowest BCUT2D eigenvalue weighted by Gasteiger charge is -2.13. The van der Waals surface area contributed by atoms with Crippen LogP contribution in [0.2, 0.25) is 0 Å². The van der Waals surface area contributed by atoms with Crippen LogP contribution in [0, 0.1) is 6.92 Å². The van der Waals surface area contributed by atoms with Crippen molar-refractivity contribution in [2.24, 2.45) is 0 Å². The van der Waals surface area contributed by atoms with Gasteiger partial charge in [-0.15, -0.1) is 0 Å². The molecule has 2 rings (SSSR count). The number of hydrogen-bond acceptors (Lipinski definition) is 4. The van der Waals surface area contributed by atoms with Gasteiger partial charge >= 0.3 is 0 Å². The lowest BCUT2D eigenvalue weighted by atomic mass is 10.1. The number of anilines is 1. The second-order valence-corrected chi connectivity index (χ2v) is 5.59. The topological polar surface area (TPSA) is 76.7 Å². The number of rotatable bonds is 7.